The molecular formula is C14H22N4O2. The molecule has 110 valence electrons. The van der Waals surface area contributed by atoms with Gasteiger partial charge in [-0.3, -0.25) is 13.9 Å². The highest BCUT2D eigenvalue weighted by atomic mass is 16.2. The molecule has 1 N–H and O–H groups in total. The molecule has 1 atom stereocenters. The first-order chi connectivity index (χ1) is 9.56. The van der Waals surface area contributed by atoms with Gasteiger partial charge < -0.3 is 10.2 Å². The van der Waals surface area contributed by atoms with E-state index in [4.69, 9.17) is 0 Å². The maximum Gasteiger partial charge on any atom is 0.330 e. The molecule has 4 rings (SSSR count). The lowest BCUT2D eigenvalue weighted by molar-refractivity contribution is 0.0717. The molecule has 6 heteroatoms. The first kappa shape index (κ1) is 13.6. The van der Waals surface area contributed by atoms with E-state index >= 15 is 0 Å². The molecular weight excluding hydrogens is 256 g/mol. The highest BCUT2D eigenvalue weighted by Crippen LogP contribution is 2.27. The molecule has 0 aliphatic carbocycles. The van der Waals surface area contributed by atoms with Crippen molar-refractivity contribution in [2.24, 2.45) is 20.0 Å². The summed E-state index contributed by atoms with van der Waals surface area (Å²) in [7, 11) is 3.23. The zero-order valence-corrected chi connectivity index (χ0v) is 12.1. The minimum atomic E-state index is -0.261. The molecule has 3 aliphatic heterocycles. The lowest BCUT2D eigenvalue weighted by Gasteiger charge is -2.45. The summed E-state index contributed by atoms with van der Waals surface area (Å²) in [4.78, 5) is 26.1. The molecule has 1 aromatic rings. The van der Waals surface area contributed by atoms with Crippen LogP contribution in [0.25, 0.3) is 0 Å². The summed E-state index contributed by atoms with van der Waals surface area (Å²) in [5.74, 6) is 0.739. The van der Waals surface area contributed by atoms with Gasteiger partial charge in [0.25, 0.3) is 5.56 Å². The predicted molar refractivity (Wildman–Crippen MR) is 76.7 cm³/mol. The van der Waals surface area contributed by atoms with Gasteiger partial charge in [0.15, 0.2) is 0 Å². The smallest absolute Gasteiger partial charge is 0.307 e. The molecule has 1 aromatic heterocycles. The Hall–Kier alpha value is -1.40. The fraction of sp³-hybridized carbons (Fsp3) is 0.714. The van der Waals surface area contributed by atoms with Crippen LogP contribution < -0.4 is 16.6 Å². The first-order valence-electron chi connectivity index (χ1n) is 7.28. The molecule has 0 radical (unpaired) electrons. The van der Waals surface area contributed by atoms with Crippen LogP contribution in [0.1, 0.15) is 18.5 Å². The Morgan fingerprint density at radius 3 is 2.50 bits per heavy atom. The first-order valence-corrected chi connectivity index (χ1v) is 7.28. The van der Waals surface area contributed by atoms with E-state index < -0.39 is 0 Å². The third-order valence-electron chi connectivity index (χ3n) is 4.83. The molecule has 0 spiro atoms. The van der Waals surface area contributed by atoms with Gasteiger partial charge in [0.2, 0.25) is 0 Å². The summed E-state index contributed by atoms with van der Waals surface area (Å²) in [6.45, 7) is 4.10. The Balaban J connectivity index is 1.73. The van der Waals surface area contributed by atoms with E-state index in [1.165, 1.54) is 33.0 Å². The number of nitrogens with one attached hydrogen (secondary N) is 1. The van der Waals surface area contributed by atoms with Gasteiger partial charge in [0.1, 0.15) is 0 Å². The molecule has 2 bridgehead atoms. The van der Waals surface area contributed by atoms with Crippen molar-refractivity contribution in [3.8, 4) is 0 Å². The van der Waals surface area contributed by atoms with Crippen LogP contribution >= 0.6 is 0 Å². The van der Waals surface area contributed by atoms with E-state index in [1.54, 1.807) is 17.7 Å². The summed E-state index contributed by atoms with van der Waals surface area (Å²) in [6, 6.07) is 2.03. The van der Waals surface area contributed by atoms with Gasteiger partial charge in [0, 0.05) is 45.0 Å². The maximum atomic E-state index is 11.9. The average molecular weight is 278 g/mol. The Morgan fingerprint density at radius 1 is 1.20 bits per heavy atom. The minimum Gasteiger partial charge on any atom is -0.307 e. The van der Waals surface area contributed by atoms with Crippen molar-refractivity contribution >= 4 is 0 Å². The van der Waals surface area contributed by atoms with Gasteiger partial charge in [-0.05, 0) is 31.8 Å². The number of aromatic nitrogens is 2. The van der Waals surface area contributed by atoms with Crippen molar-refractivity contribution in [2.75, 3.05) is 19.6 Å². The molecule has 20 heavy (non-hydrogen) atoms. The van der Waals surface area contributed by atoms with E-state index in [0.29, 0.717) is 12.6 Å². The lowest BCUT2D eigenvalue weighted by Crippen LogP contribution is -2.56. The fourth-order valence-corrected chi connectivity index (χ4v) is 3.38. The third kappa shape index (κ3) is 2.33. The molecule has 3 fully saturated rings. The number of rotatable bonds is 3. The Kier molecular flexibility index (Phi) is 3.52. The van der Waals surface area contributed by atoms with E-state index in [0.717, 1.165) is 22.7 Å². The minimum absolute atomic E-state index is 0.237. The van der Waals surface area contributed by atoms with Crippen molar-refractivity contribution in [1.82, 2.24) is 19.4 Å². The quantitative estimate of drug-likeness (QED) is 0.792. The van der Waals surface area contributed by atoms with Crippen molar-refractivity contribution in [1.29, 1.82) is 0 Å². The molecule has 4 heterocycles. The van der Waals surface area contributed by atoms with Gasteiger partial charge in [0.05, 0.1) is 0 Å². The van der Waals surface area contributed by atoms with Crippen molar-refractivity contribution in [3.05, 3.63) is 32.6 Å². The van der Waals surface area contributed by atoms with Crippen LogP contribution in [0.4, 0.5) is 0 Å². The van der Waals surface area contributed by atoms with Crippen LogP contribution in [0.15, 0.2) is 15.7 Å². The number of nitrogens with zero attached hydrogens (tertiary/aromatic N) is 3. The zero-order chi connectivity index (χ0) is 14.3. The summed E-state index contributed by atoms with van der Waals surface area (Å²) in [5.41, 5.74) is 0.261. The summed E-state index contributed by atoms with van der Waals surface area (Å²) in [6.07, 6.45) is 2.51. The van der Waals surface area contributed by atoms with Gasteiger partial charge in [-0.1, -0.05) is 0 Å². The largest absolute Gasteiger partial charge is 0.330 e. The topological polar surface area (TPSA) is 59.3 Å². The zero-order valence-electron chi connectivity index (χ0n) is 12.1. The Bertz CT molecular complexity index is 611. The third-order valence-corrected chi connectivity index (χ3v) is 4.83. The van der Waals surface area contributed by atoms with Crippen LogP contribution in [-0.4, -0.2) is 39.7 Å². The number of hydrogen-bond donors (Lipinski definition) is 1. The number of hydrogen-bond acceptors (Lipinski definition) is 4. The van der Waals surface area contributed by atoms with E-state index in [-0.39, 0.29) is 11.2 Å². The maximum absolute atomic E-state index is 11.9. The van der Waals surface area contributed by atoms with Crippen LogP contribution in [0.3, 0.4) is 0 Å². The predicted octanol–water partition coefficient (Wildman–Crippen LogP) is -0.732. The summed E-state index contributed by atoms with van der Waals surface area (Å²) >= 11 is 0. The monoisotopic (exact) mass is 278 g/mol. The van der Waals surface area contributed by atoms with E-state index in [2.05, 4.69) is 10.2 Å². The van der Waals surface area contributed by atoms with Crippen molar-refractivity contribution < 1.29 is 0 Å². The molecule has 6 nitrogen and oxygen atoms in total. The highest BCUT2D eigenvalue weighted by Gasteiger charge is 2.33. The van der Waals surface area contributed by atoms with Gasteiger partial charge in [-0.2, -0.15) is 0 Å². The summed E-state index contributed by atoms with van der Waals surface area (Å²) < 4.78 is 2.69. The standard InChI is InChI=1S/C14H22N4O2/c1-16-11(7-13(19)17(2)14(16)20)8-15-12-9-18-5-3-10(12)4-6-18/h7,10,12,15H,3-6,8-9H2,1-2H3. The van der Waals surface area contributed by atoms with Crippen molar-refractivity contribution in [3.63, 3.8) is 0 Å². The molecule has 3 saturated heterocycles. The molecule has 0 saturated carbocycles. The van der Waals surface area contributed by atoms with Crippen LogP contribution in [0.5, 0.6) is 0 Å². The highest BCUT2D eigenvalue weighted by molar-refractivity contribution is 5.03. The molecule has 0 amide bonds. The van der Waals surface area contributed by atoms with Gasteiger partial charge >= 0.3 is 5.69 Å². The van der Waals surface area contributed by atoms with Crippen LogP contribution in [-0.2, 0) is 20.6 Å². The molecule has 3 aliphatic rings. The normalized spacial score (nSPS) is 28.8. The lowest BCUT2D eigenvalue weighted by atomic mass is 9.84. The Labute approximate surface area is 118 Å². The fourth-order valence-electron chi connectivity index (χ4n) is 3.38. The second-order valence-corrected chi connectivity index (χ2v) is 6.00. The van der Waals surface area contributed by atoms with Crippen molar-refractivity contribution in [2.45, 2.75) is 25.4 Å². The SMILES string of the molecule is Cn1c(CNC2CN3CCC2CC3)cc(=O)n(C)c1=O. The Morgan fingerprint density at radius 2 is 1.90 bits per heavy atom. The van der Waals surface area contributed by atoms with Crippen LogP contribution in [0, 0.1) is 5.92 Å². The molecule has 0 aromatic carbocycles. The van der Waals surface area contributed by atoms with E-state index in [9.17, 15) is 9.59 Å². The van der Waals surface area contributed by atoms with E-state index in [1.807, 2.05) is 0 Å². The van der Waals surface area contributed by atoms with Gasteiger partial charge in [-0.15, -0.1) is 0 Å². The number of fused-ring (bicyclic) bond motifs is 3. The summed E-state index contributed by atoms with van der Waals surface area (Å²) in [5, 5.41) is 3.53. The molecule has 1 unspecified atom stereocenters. The second-order valence-electron chi connectivity index (χ2n) is 6.00. The second kappa shape index (κ2) is 5.18. The van der Waals surface area contributed by atoms with Crippen LogP contribution in [0.2, 0.25) is 0 Å². The van der Waals surface area contributed by atoms with Gasteiger partial charge in [-0.25, -0.2) is 4.79 Å². The number of piperidine rings is 3. The average Bonchev–Trinajstić information content (AvgIpc) is 2.48.